The van der Waals surface area contributed by atoms with Gasteiger partial charge in [-0.2, -0.15) is 0 Å². The van der Waals surface area contributed by atoms with Crippen molar-refractivity contribution in [2.45, 2.75) is 0 Å². The van der Waals surface area contributed by atoms with Gasteiger partial charge in [0.2, 0.25) is 0 Å². The average molecular weight is 175 g/mol. The molecule has 0 atom stereocenters. The molecule has 0 bridgehead atoms. The Bertz CT molecular complexity index is 369. The Morgan fingerprint density at radius 3 is 3.08 bits per heavy atom. The molecule has 0 radical (unpaired) electrons. The highest BCUT2D eigenvalue weighted by molar-refractivity contribution is 5.87. The molecule has 1 aromatic rings. The zero-order valence-electron chi connectivity index (χ0n) is 6.97. The first kappa shape index (κ1) is 7.86. The van der Waals surface area contributed by atoms with Crippen molar-refractivity contribution in [3.8, 4) is 5.75 Å². The van der Waals surface area contributed by atoms with Gasteiger partial charge in [0.05, 0.1) is 6.21 Å². The number of nitrogens with zero attached hydrogens (tertiary/aromatic N) is 1. The fourth-order valence-corrected chi connectivity index (χ4v) is 1.28. The molecule has 1 aromatic carbocycles. The van der Waals surface area contributed by atoms with Crippen LogP contribution < -0.4 is 4.74 Å². The highest BCUT2D eigenvalue weighted by Gasteiger charge is 2.08. The molecule has 3 heteroatoms. The lowest BCUT2D eigenvalue weighted by atomic mass is 10.1. The van der Waals surface area contributed by atoms with E-state index in [2.05, 4.69) is 5.16 Å². The summed E-state index contributed by atoms with van der Waals surface area (Å²) in [4.78, 5) is 0. The van der Waals surface area contributed by atoms with Crippen LogP contribution >= 0.6 is 0 Å². The molecule has 3 nitrogen and oxygen atoms in total. The molecule has 0 aliphatic carbocycles. The highest BCUT2D eigenvalue weighted by atomic mass is 16.5. The molecule has 0 aromatic heterocycles. The summed E-state index contributed by atoms with van der Waals surface area (Å²) in [6.07, 6.45) is 3.33. The standard InChI is InChI=1S/C10H9NO2/c12-11-6-8-5-9-3-1-2-4-10(9)13-7-8/h1-6,12H,7H2/b11-6-. The Morgan fingerprint density at radius 1 is 1.38 bits per heavy atom. The van der Waals surface area contributed by atoms with E-state index in [1.54, 1.807) is 0 Å². The van der Waals surface area contributed by atoms with Crippen LogP contribution in [0.1, 0.15) is 5.56 Å². The summed E-state index contributed by atoms with van der Waals surface area (Å²) in [6.45, 7) is 0.459. The second-order valence-electron chi connectivity index (χ2n) is 2.79. The van der Waals surface area contributed by atoms with E-state index in [1.807, 2.05) is 30.3 Å². The Morgan fingerprint density at radius 2 is 2.23 bits per heavy atom. The van der Waals surface area contributed by atoms with Crippen LogP contribution in [0.5, 0.6) is 5.75 Å². The molecule has 0 fully saturated rings. The zero-order chi connectivity index (χ0) is 9.10. The van der Waals surface area contributed by atoms with Crippen LogP contribution in [0.2, 0.25) is 0 Å². The van der Waals surface area contributed by atoms with Crippen molar-refractivity contribution in [1.82, 2.24) is 0 Å². The van der Waals surface area contributed by atoms with Crippen LogP contribution in [0.3, 0.4) is 0 Å². The van der Waals surface area contributed by atoms with Crippen LogP contribution in [-0.4, -0.2) is 18.0 Å². The van der Waals surface area contributed by atoms with E-state index in [-0.39, 0.29) is 0 Å². The predicted molar refractivity (Wildman–Crippen MR) is 50.2 cm³/mol. The lowest BCUT2D eigenvalue weighted by Crippen LogP contribution is -2.07. The molecule has 0 saturated heterocycles. The quantitative estimate of drug-likeness (QED) is 0.402. The summed E-state index contributed by atoms with van der Waals surface area (Å²) in [5, 5.41) is 11.3. The average Bonchev–Trinajstić information content (AvgIpc) is 2.18. The third kappa shape index (κ3) is 1.54. The van der Waals surface area contributed by atoms with Crippen molar-refractivity contribution in [3.63, 3.8) is 0 Å². The van der Waals surface area contributed by atoms with E-state index < -0.39 is 0 Å². The molecule has 0 amide bonds. The molecule has 66 valence electrons. The smallest absolute Gasteiger partial charge is 0.127 e. The predicted octanol–water partition coefficient (Wildman–Crippen LogP) is 1.92. The largest absolute Gasteiger partial charge is 0.488 e. The first-order valence-electron chi connectivity index (χ1n) is 4.00. The van der Waals surface area contributed by atoms with E-state index >= 15 is 0 Å². The fraction of sp³-hybridized carbons (Fsp3) is 0.100. The molecule has 1 aliphatic heterocycles. The van der Waals surface area contributed by atoms with Crippen molar-refractivity contribution in [2.24, 2.45) is 5.16 Å². The number of oxime groups is 1. The first-order valence-corrected chi connectivity index (χ1v) is 4.00. The molecule has 1 aliphatic rings. The monoisotopic (exact) mass is 175 g/mol. The number of ether oxygens (including phenoxy) is 1. The highest BCUT2D eigenvalue weighted by Crippen LogP contribution is 2.24. The third-order valence-corrected chi connectivity index (χ3v) is 1.88. The number of para-hydroxylation sites is 1. The van der Waals surface area contributed by atoms with Crippen molar-refractivity contribution >= 4 is 12.3 Å². The summed E-state index contributed by atoms with van der Waals surface area (Å²) in [7, 11) is 0. The molecular formula is C10H9NO2. The van der Waals surface area contributed by atoms with Crippen molar-refractivity contribution in [1.29, 1.82) is 0 Å². The molecule has 0 unspecified atom stereocenters. The number of hydrogen-bond donors (Lipinski definition) is 1. The molecule has 2 rings (SSSR count). The van der Waals surface area contributed by atoms with Gasteiger partial charge in [0.1, 0.15) is 12.4 Å². The lowest BCUT2D eigenvalue weighted by molar-refractivity contribution is 0.319. The fourth-order valence-electron chi connectivity index (χ4n) is 1.28. The van der Waals surface area contributed by atoms with Gasteiger partial charge in [-0.1, -0.05) is 23.4 Å². The van der Waals surface area contributed by atoms with E-state index in [9.17, 15) is 0 Å². The molecular weight excluding hydrogens is 166 g/mol. The number of benzene rings is 1. The minimum absolute atomic E-state index is 0.459. The van der Waals surface area contributed by atoms with Gasteiger partial charge in [-0.25, -0.2) is 0 Å². The Labute approximate surface area is 76.0 Å². The van der Waals surface area contributed by atoms with Crippen LogP contribution in [0.25, 0.3) is 6.08 Å². The third-order valence-electron chi connectivity index (χ3n) is 1.88. The summed E-state index contributed by atoms with van der Waals surface area (Å²) in [5.74, 6) is 0.873. The van der Waals surface area contributed by atoms with Gasteiger partial charge in [-0.3, -0.25) is 0 Å². The van der Waals surface area contributed by atoms with E-state index in [4.69, 9.17) is 9.94 Å². The molecule has 0 saturated carbocycles. The maximum absolute atomic E-state index is 8.34. The zero-order valence-corrected chi connectivity index (χ0v) is 6.97. The number of rotatable bonds is 1. The van der Waals surface area contributed by atoms with E-state index in [0.29, 0.717) is 6.61 Å². The Kier molecular flexibility index (Phi) is 2.00. The molecule has 13 heavy (non-hydrogen) atoms. The Hall–Kier alpha value is -1.77. The van der Waals surface area contributed by atoms with Crippen LogP contribution in [0.15, 0.2) is 35.0 Å². The van der Waals surface area contributed by atoms with Crippen LogP contribution in [-0.2, 0) is 0 Å². The number of hydrogen-bond acceptors (Lipinski definition) is 3. The topological polar surface area (TPSA) is 41.8 Å². The van der Waals surface area contributed by atoms with Crippen molar-refractivity contribution in [2.75, 3.05) is 6.61 Å². The normalized spacial score (nSPS) is 14.9. The van der Waals surface area contributed by atoms with Gasteiger partial charge in [-0.05, 0) is 12.1 Å². The molecule has 1 N–H and O–H groups in total. The van der Waals surface area contributed by atoms with Crippen LogP contribution in [0, 0.1) is 0 Å². The van der Waals surface area contributed by atoms with Crippen LogP contribution in [0.4, 0.5) is 0 Å². The Balaban J connectivity index is 2.38. The first-order chi connectivity index (χ1) is 6.40. The van der Waals surface area contributed by atoms with Gasteiger partial charge in [0, 0.05) is 11.1 Å². The maximum atomic E-state index is 8.34. The SMILES string of the molecule is O/N=C\C1=Cc2ccccc2OC1. The van der Waals surface area contributed by atoms with Gasteiger partial charge >= 0.3 is 0 Å². The summed E-state index contributed by atoms with van der Waals surface area (Å²) >= 11 is 0. The summed E-state index contributed by atoms with van der Waals surface area (Å²) < 4.78 is 5.42. The summed E-state index contributed by atoms with van der Waals surface area (Å²) in [6, 6.07) is 7.74. The van der Waals surface area contributed by atoms with Gasteiger partial charge in [0.15, 0.2) is 0 Å². The lowest BCUT2D eigenvalue weighted by Gasteiger charge is -2.14. The minimum atomic E-state index is 0.459. The van der Waals surface area contributed by atoms with Gasteiger partial charge < -0.3 is 9.94 Å². The second kappa shape index (κ2) is 3.31. The maximum Gasteiger partial charge on any atom is 0.127 e. The van der Waals surface area contributed by atoms with Gasteiger partial charge in [0.25, 0.3) is 0 Å². The minimum Gasteiger partial charge on any atom is -0.488 e. The molecule has 1 heterocycles. The van der Waals surface area contributed by atoms with Gasteiger partial charge in [-0.15, -0.1) is 0 Å². The summed E-state index contributed by atoms with van der Waals surface area (Å²) in [5.41, 5.74) is 1.88. The number of fused-ring (bicyclic) bond motifs is 1. The second-order valence-corrected chi connectivity index (χ2v) is 2.79. The van der Waals surface area contributed by atoms with Crippen molar-refractivity contribution in [3.05, 3.63) is 35.4 Å². The van der Waals surface area contributed by atoms with Crippen molar-refractivity contribution < 1.29 is 9.94 Å². The molecule has 0 spiro atoms. The van der Waals surface area contributed by atoms with E-state index in [1.165, 1.54) is 6.21 Å². The van der Waals surface area contributed by atoms with E-state index in [0.717, 1.165) is 16.9 Å².